The third-order valence-electron chi connectivity index (χ3n) is 5.38. The molecule has 0 saturated heterocycles. The van der Waals surface area contributed by atoms with Crippen LogP contribution in [0, 0.1) is 5.92 Å². The van der Waals surface area contributed by atoms with Crippen molar-refractivity contribution >= 4 is 11.7 Å². The Morgan fingerprint density at radius 1 is 1.24 bits per heavy atom. The average Bonchev–Trinajstić information content (AvgIpc) is 2.63. The molecule has 1 fully saturated rings. The minimum atomic E-state index is -0.222. The smallest absolute Gasteiger partial charge is 0.319 e. The highest BCUT2D eigenvalue weighted by atomic mass is 16.3. The standard InChI is InChI=1S/C20H33N3O2/c1-15(14-24)16(2)21-20(25)22-19-12-8-7-9-17(19)13-23(3)18-10-5-4-6-11-18/h7-9,12,15-16,18,24H,4-6,10-11,13-14H2,1-3H3,(H2,21,22,25). The molecule has 2 amide bonds. The molecule has 0 aromatic heterocycles. The van der Waals surface area contributed by atoms with Crippen LogP contribution in [0.1, 0.15) is 51.5 Å². The number of aliphatic hydroxyl groups is 1. The fourth-order valence-corrected chi connectivity index (χ4v) is 3.37. The van der Waals surface area contributed by atoms with E-state index in [-0.39, 0.29) is 24.6 Å². The zero-order chi connectivity index (χ0) is 18.2. The highest BCUT2D eigenvalue weighted by molar-refractivity contribution is 5.90. The lowest BCUT2D eigenvalue weighted by molar-refractivity contribution is 0.185. The second-order valence-corrected chi connectivity index (χ2v) is 7.41. The second-order valence-electron chi connectivity index (χ2n) is 7.41. The van der Waals surface area contributed by atoms with Crippen LogP contribution in [-0.2, 0) is 6.54 Å². The van der Waals surface area contributed by atoms with E-state index in [1.807, 2.05) is 32.0 Å². The van der Waals surface area contributed by atoms with E-state index in [1.165, 1.54) is 32.1 Å². The number of carbonyl (C=O) groups excluding carboxylic acids is 1. The van der Waals surface area contributed by atoms with Crippen molar-refractivity contribution < 1.29 is 9.90 Å². The van der Waals surface area contributed by atoms with Gasteiger partial charge in [0.15, 0.2) is 0 Å². The van der Waals surface area contributed by atoms with E-state index in [0.29, 0.717) is 6.04 Å². The molecule has 3 N–H and O–H groups in total. The molecule has 1 aliphatic carbocycles. The van der Waals surface area contributed by atoms with Crippen LogP contribution in [0.3, 0.4) is 0 Å². The summed E-state index contributed by atoms with van der Waals surface area (Å²) in [4.78, 5) is 14.7. The maximum atomic E-state index is 12.3. The molecule has 5 heteroatoms. The van der Waals surface area contributed by atoms with Crippen LogP contribution in [0.2, 0.25) is 0 Å². The van der Waals surface area contributed by atoms with Gasteiger partial charge in [-0.25, -0.2) is 4.79 Å². The van der Waals surface area contributed by atoms with Crippen molar-refractivity contribution in [3.8, 4) is 0 Å². The molecule has 1 aliphatic rings. The summed E-state index contributed by atoms with van der Waals surface area (Å²) >= 11 is 0. The molecule has 2 atom stereocenters. The number of nitrogens with zero attached hydrogens (tertiary/aromatic N) is 1. The zero-order valence-corrected chi connectivity index (χ0v) is 15.8. The van der Waals surface area contributed by atoms with Crippen LogP contribution < -0.4 is 10.6 Å². The Labute approximate surface area is 151 Å². The highest BCUT2D eigenvalue weighted by Gasteiger charge is 2.19. The molecule has 1 aromatic carbocycles. The summed E-state index contributed by atoms with van der Waals surface area (Å²) in [6, 6.07) is 8.32. The SMILES string of the molecule is CC(CO)C(C)NC(=O)Nc1ccccc1CN(C)C1CCCCC1. The van der Waals surface area contributed by atoms with E-state index in [4.69, 9.17) is 0 Å². The number of hydrogen-bond donors (Lipinski definition) is 3. The lowest BCUT2D eigenvalue weighted by Crippen LogP contribution is -2.41. The Balaban J connectivity index is 1.96. The minimum absolute atomic E-state index is 0.0263. The van der Waals surface area contributed by atoms with Crippen LogP contribution in [0.25, 0.3) is 0 Å². The third-order valence-corrected chi connectivity index (χ3v) is 5.38. The Bertz CT molecular complexity index is 543. The largest absolute Gasteiger partial charge is 0.396 e. The van der Waals surface area contributed by atoms with Gasteiger partial charge >= 0.3 is 6.03 Å². The molecule has 1 saturated carbocycles. The summed E-state index contributed by atoms with van der Waals surface area (Å²) in [5, 5.41) is 15.1. The van der Waals surface area contributed by atoms with E-state index in [0.717, 1.165) is 17.8 Å². The number of para-hydroxylation sites is 1. The molecule has 0 spiro atoms. The maximum absolute atomic E-state index is 12.3. The first kappa shape index (κ1) is 19.7. The fourth-order valence-electron chi connectivity index (χ4n) is 3.37. The summed E-state index contributed by atoms with van der Waals surface area (Å²) in [6.45, 7) is 4.72. The number of carbonyl (C=O) groups is 1. The Kier molecular flexibility index (Phi) is 7.72. The van der Waals surface area contributed by atoms with Gasteiger partial charge in [-0.15, -0.1) is 0 Å². The number of benzene rings is 1. The van der Waals surface area contributed by atoms with E-state index in [9.17, 15) is 9.90 Å². The van der Waals surface area contributed by atoms with Crippen LogP contribution in [0.15, 0.2) is 24.3 Å². The highest BCUT2D eigenvalue weighted by Crippen LogP contribution is 2.24. The van der Waals surface area contributed by atoms with Crippen LogP contribution in [0.5, 0.6) is 0 Å². The van der Waals surface area contributed by atoms with Crippen LogP contribution >= 0.6 is 0 Å². The molecule has 0 heterocycles. The van der Waals surface area contributed by atoms with Crippen molar-refractivity contribution in [3.05, 3.63) is 29.8 Å². The zero-order valence-electron chi connectivity index (χ0n) is 15.8. The monoisotopic (exact) mass is 347 g/mol. The second kappa shape index (κ2) is 9.78. The number of nitrogens with one attached hydrogen (secondary N) is 2. The van der Waals surface area contributed by atoms with Gasteiger partial charge in [-0.3, -0.25) is 4.90 Å². The van der Waals surface area contributed by atoms with Gasteiger partial charge in [0.25, 0.3) is 0 Å². The predicted molar refractivity (Wildman–Crippen MR) is 103 cm³/mol. The number of amides is 2. The van der Waals surface area contributed by atoms with Crippen LogP contribution in [-0.4, -0.2) is 41.8 Å². The van der Waals surface area contributed by atoms with Crippen molar-refractivity contribution in [2.24, 2.45) is 5.92 Å². The van der Waals surface area contributed by atoms with E-state index in [1.54, 1.807) is 0 Å². The van der Waals surface area contributed by atoms with Gasteiger partial charge in [0.05, 0.1) is 0 Å². The molecular formula is C20H33N3O2. The predicted octanol–water partition coefficient (Wildman–Crippen LogP) is 3.59. The van der Waals surface area contributed by atoms with Gasteiger partial charge in [0.1, 0.15) is 0 Å². The van der Waals surface area contributed by atoms with Gasteiger partial charge in [-0.1, -0.05) is 44.4 Å². The van der Waals surface area contributed by atoms with E-state index in [2.05, 4.69) is 28.6 Å². The number of urea groups is 1. The molecule has 2 unspecified atom stereocenters. The summed E-state index contributed by atoms with van der Waals surface area (Å²) in [7, 11) is 2.18. The normalized spacial score (nSPS) is 18.0. The van der Waals surface area contributed by atoms with Crippen molar-refractivity contribution in [2.75, 3.05) is 19.0 Å². The first-order valence-electron chi connectivity index (χ1n) is 9.47. The van der Waals surface area contributed by atoms with Gasteiger partial charge in [-0.05, 0) is 44.4 Å². The first-order valence-corrected chi connectivity index (χ1v) is 9.47. The van der Waals surface area contributed by atoms with E-state index >= 15 is 0 Å². The Hall–Kier alpha value is -1.59. The fraction of sp³-hybridized carbons (Fsp3) is 0.650. The topological polar surface area (TPSA) is 64.6 Å². The third kappa shape index (κ3) is 6.01. The molecular weight excluding hydrogens is 314 g/mol. The van der Waals surface area contributed by atoms with Crippen molar-refractivity contribution in [1.29, 1.82) is 0 Å². The number of rotatable bonds is 7. The Morgan fingerprint density at radius 3 is 2.60 bits per heavy atom. The molecule has 0 bridgehead atoms. The van der Waals surface area contributed by atoms with Crippen molar-refractivity contribution in [1.82, 2.24) is 10.2 Å². The Morgan fingerprint density at radius 2 is 1.92 bits per heavy atom. The first-order chi connectivity index (χ1) is 12.0. The molecule has 0 radical (unpaired) electrons. The quantitative estimate of drug-likeness (QED) is 0.706. The molecule has 25 heavy (non-hydrogen) atoms. The van der Waals surface area contributed by atoms with Gasteiger partial charge in [-0.2, -0.15) is 0 Å². The van der Waals surface area contributed by atoms with Gasteiger partial charge < -0.3 is 15.7 Å². The van der Waals surface area contributed by atoms with Crippen molar-refractivity contribution in [2.45, 2.75) is 64.6 Å². The number of hydrogen-bond acceptors (Lipinski definition) is 3. The molecule has 5 nitrogen and oxygen atoms in total. The minimum Gasteiger partial charge on any atom is -0.396 e. The summed E-state index contributed by atoms with van der Waals surface area (Å²) in [5.41, 5.74) is 1.99. The summed E-state index contributed by atoms with van der Waals surface area (Å²) in [5.74, 6) is 0.0263. The molecule has 0 aliphatic heterocycles. The van der Waals surface area contributed by atoms with Gasteiger partial charge in [0.2, 0.25) is 0 Å². The number of aliphatic hydroxyl groups excluding tert-OH is 1. The molecule has 2 rings (SSSR count). The van der Waals surface area contributed by atoms with Crippen LogP contribution in [0.4, 0.5) is 10.5 Å². The summed E-state index contributed by atoms with van der Waals surface area (Å²) < 4.78 is 0. The van der Waals surface area contributed by atoms with Crippen molar-refractivity contribution in [3.63, 3.8) is 0 Å². The van der Waals surface area contributed by atoms with Gasteiger partial charge in [0, 0.05) is 30.9 Å². The molecule has 1 aromatic rings. The maximum Gasteiger partial charge on any atom is 0.319 e. The average molecular weight is 348 g/mol. The lowest BCUT2D eigenvalue weighted by Gasteiger charge is -2.31. The molecule has 140 valence electrons. The van der Waals surface area contributed by atoms with E-state index < -0.39 is 0 Å². The lowest BCUT2D eigenvalue weighted by atomic mass is 9.94. The summed E-state index contributed by atoms with van der Waals surface area (Å²) in [6.07, 6.45) is 6.52. The number of anilines is 1.